The molecule has 0 aliphatic heterocycles. The summed E-state index contributed by atoms with van der Waals surface area (Å²) in [5.74, 6) is -2.34. The number of carbonyl (C=O) groups excluding carboxylic acids is 1. The maximum absolute atomic E-state index is 12.4. The van der Waals surface area contributed by atoms with Gasteiger partial charge in [0.2, 0.25) is 5.91 Å². The van der Waals surface area contributed by atoms with Crippen LogP contribution in [0.4, 0.5) is 8.78 Å². The van der Waals surface area contributed by atoms with Crippen molar-refractivity contribution in [3.8, 4) is 5.75 Å². The molecule has 1 atom stereocenters. The monoisotopic (exact) mass is 377 g/mol. The molecular formula is C20H21F2NO4. The molecule has 0 bridgehead atoms. The van der Waals surface area contributed by atoms with E-state index < -0.39 is 24.4 Å². The summed E-state index contributed by atoms with van der Waals surface area (Å²) in [6.07, 6.45) is 0.0993. The van der Waals surface area contributed by atoms with E-state index in [1.165, 1.54) is 18.2 Å². The molecule has 2 rings (SSSR count). The van der Waals surface area contributed by atoms with Gasteiger partial charge in [0.25, 0.3) is 0 Å². The predicted octanol–water partition coefficient (Wildman–Crippen LogP) is 3.20. The van der Waals surface area contributed by atoms with E-state index in [1.807, 2.05) is 31.2 Å². The minimum atomic E-state index is -2.99. The summed E-state index contributed by atoms with van der Waals surface area (Å²) in [5.41, 5.74) is 2.20. The number of hydrogen-bond acceptors (Lipinski definition) is 3. The summed E-state index contributed by atoms with van der Waals surface area (Å²) in [4.78, 5) is 23.6. The highest BCUT2D eigenvalue weighted by Crippen LogP contribution is 2.20. The fourth-order valence-corrected chi connectivity index (χ4v) is 2.70. The molecular weight excluding hydrogens is 356 g/mol. The second-order valence-electron chi connectivity index (χ2n) is 6.20. The van der Waals surface area contributed by atoms with Crippen LogP contribution in [0.2, 0.25) is 0 Å². The Bertz CT molecular complexity index is 795. The van der Waals surface area contributed by atoms with Crippen molar-refractivity contribution in [2.75, 3.05) is 6.54 Å². The van der Waals surface area contributed by atoms with Gasteiger partial charge in [0.05, 0.1) is 12.3 Å². The second kappa shape index (κ2) is 9.66. The number of nitrogens with one attached hydrogen (secondary N) is 1. The van der Waals surface area contributed by atoms with Gasteiger partial charge in [0.15, 0.2) is 0 Å². The van der Waals surface area contributed by atoms with Gasteiger partial charge < -0.3 is 15.2 Å². The van der Waals surface area contributed by atoms with Gasteiger partial charge in [-0.3, -0.25) is 9.59 Å². The molecule has 0 fully saturated rings. The standard InChI is InChI=1S/C20H21F2NO4/c1-13-5-4-6-14(9-13)10-16(19(25)26)12-23-18(24)11-15-7-2-3-8-17(15)27-20(21)22/h2-9,16,20H,10-12H2,1H3,(H,23,24)(H,25,26). The van der Waals surface area contributed by atoms with E-state index >= 15 is 0 Å². The molecule has 144 valence electrons. The number of rotatable bonds is 9. The van der Waals surface area contributed by atoms with Gasteiger partial charge >= 0.3 is 12.6 Å². The molecule has 0 aliphatic carbocycles. The Kier molecular flexibility index (Phi) is 7.28. The first kappa shape index (κ1) is 20.4. The molecule has 0 saturated carbocycles. The van der Waals surface area contributed by atoms with Crippen LogP contribution in [-0.4, -0.2) is 30.1 Å². The van der Waals surface area contributed by atoms with Crippen molar-refractivity contribution < 1.29 is 28.2 Å². The number of carboxylic acids is 1. The SMILES string of the molecule is Cc1cccc(CC(CNC(=O)Cc2ccccc2OC(F)F)C(=O)O)c1. The minimum Gasteiger partial charge on any atom is -0.481 e. The second-order valence-corrected chi connectivity index (χ2v) is 6.20. The Balaban J connectivity index is 1.95. The van der Waals surface area contributed by atoms with Crippen LogP contribution in [0.15, 0.2) is 48.5 Å². The van der Waals surface area contributed by atoms with Gasteiger partial charge in [-0.25, -0.2) is 0 Å². The number of carbonyl (C=O) groups is 2. The number of amides is 1. The average molecular weight is 377 g/mol. The highest BCUT2D eigenvalue weighted by molar-refractivity contribution is 5.80. The Hall–Kier alpha value is -2.96. The molecule has 1 unspecified atom stereocenters. The lowest BCUT2D eigenvalue weighted by molar-refractivity contribution is -0.141. The maximum Gasteiger partial charge on any atom is 0.387 e. The lowest BCUT2D eigenvalue weighted by Crippen LogP contribution is -2.35. The number of hydrogen-bond donors (Lipinski definition) is 2. The molecule has 0 saturated heterocycles. The molecule has 2 N–H and O–H groups in total. The molecule has 2 aromatic carbocycles. The molecule has 0 aromatic heterocycles. The predicted molar refractivity (Wildman–Crippen MR) is 95.8 cm³/mol. The van der Waals surface area contributed by atoms with Gasteiger partial charge in [-0.2, -0.15) is 8.78 Å². The zero-order valence-corrected chi connectivity index (χ0v) is 14.8. The van der Waals surface area contributed by atoms with E-state index in [2.05, 4.69) is 10.1 Å². The normalized spacial score (nSPS) is 11.9. The van der Waals surface area contributed by atoms with Crippen LogP contribution in [0, 0.1) is 12.8 Å². The van der Waals surface area contributed by atoms with E-state index in [-0.39, 0.29) is 25.1 Å². The summed E-state index contributed by atoms with van der Waals surface area (Å²) >= 11 is 0. The van der Waals surface area contributed by atoms with Crippen LogP contribution in [-0.2, 0) is 22.4 Å². The minimum absolute atomic E-state index is 0.0556. The third-order valence-electron chi connectivity index (χ3n) is 4.00. The Morgan fingerprint density at radius 1 is 1.15 bits per heavy atom. The van der Waals surface area contributed by atoms with Crippen LogP contribution in [0.3, 0.4) is 0 Å². The smallest absolute Gasteiger partial charge is 0.387 e. The van der Waals surface area contributed by atoms with Gasteiger partial charge in [-0.1, -0.05) is 48.0 Å². The van der Waals surface area contributed by atoms with E-state index in [4.69, 9.17) is 0 Å². The van der Waals surface area contributed by atoms with E-state index in [1.54, 1.807) is 6.07 Å². The zero-order valence-electron chi connectivity index (χ0n) is 14.8. The molecule has 7 heteroatoms. The highest BCUT2D eigenvalue weighted by Gasteiger charge is 2.20. The lowest BCUT2D eigenvalue weighted by atomic mass is 9.98. The Labute approximate surface area is 156 Å². The number of ether oxygens (including phenoxy) is 1. The molecule has 0 radical (unpaired) electrons. The van der Waals surface area contributed by atoms with Crippen molar-refractivity contribution in [3.05, 3.63) is 65.2 Å². The van der Waals surface area contributed by atoms with Gasteiger partial charge in [0, 0.05) is 12.1 Å². The van der Waals surface area contributed by atoms with E-state index in [0.29, 0.717) is 5.56 Å². The molecule has 0 heterocycles. The summed E-state index contributed by atoms with van der Waals surface area (Å²) in [6, 6.07) is 13.5. The van der Waals surface area contributed by atoms with Crippen molar-refractivity contribution in [1.29, 1.82) is 0 Å². The summed E-state index contributed by atoms with van der Waals surface area (Å²) < 4.78 is 29.2. The van der Waals surface area contributed by atoms with Crippen LogP contribution >= 0.6 is 0 Å². The first-order chi connectivity index (χ1) is 12.8. The fraction of sp³-hybridized carbons (Fsp3) is 0.300. The first-order valence-corrected chi connectivity index (χ1v) is 8.43. The van der Waals surface area contributed by atoms with Crippen molar-refractivity contribution in [1.82, 2.24) is 5.32 Å². The van der Waals surface area contributed by atoms with Crippen LogP contribution in [0.5, 0.6) is 5.75 Å². The van der Waals surface area contributed by atoms with Crippen LogP contribution in [0.1, 0.15) is 16.7 Å². The van der Waals surface area contributed by atoms with Crippen molar-refractivity contribution in [2.24, 2.45) is 5.92 Å². The Morgan fingerprint density at radius 2 is 1.89 bits per heavy atom. The van der Waals surface area contributed by atoms with Crippen molar-refractivity contribution >= 4 is 11.9 Å². The number of aliphatic carboxylic acids is 1. The van der Waals surface area contributed by atoms with Gasteiger partial charge in [-0.15, -0.1) is 0 Å². The molecule has 1 amide bonds. The summed E-state index contributed by atoms with van der Waals surface area (Å²) in [5, 5.41) is 12.0. The lowest BCUT2D eigenvalue weighted by Gasteiger charge is -2.15. The van der Waals surface area contributed by atoms with E-state index in [9.17, 15) is 23.5 Å². The van der Waals surface area contributed by atoms with Crippen molar-refractivity contribution in [3.63, 3.8) is 0 Å². The molecule has 0 aliphatic rings. The highest BCUT2D eigenvalue weighted by atomic mass is 19.3. The fourth-order valence-electron chi connectivity index (χ4n) is 2.70. The van der Waals surface area contributed by atoms with E-state index in [0.717, 1.165) is 11.1 Å². The topological polar surface area (TPSA) is 75.6 Å². The number of alkyl halides is 2. The van der Waals surface area contributed by atoms with Crippen LogP contribution < -0.4 is 10.1 Å². The molecule has 2 aromatic rings. The number of aryl methyl sites for hydroxylation is 1. The van der Waals surface area contributed by atoms with Crippen molar-refractivity contribution in [2.45, 2.75) is 26.4 Å². The third kappa shape index (κ3) is 6.69. The van der Waals surface area contributed by atoms with Crippen LogP contribution in [0.25, 0.3) is 0 Å². The largest absolute Gasteiger partial charge is 0.481 e. The number of halogens is 2. The summed E-state index contributed by atoms with van der Waals surface area (Å²) in [7, 11) is 0. The van der Waals surface area contributed by atoms with Gasteiger partial charge in [0.1, 0.15) is 5.75 Å². The molecule has 0 spiro atoms. The molecule has 5 nitrogen and oxygen atoms in total. The summed E-state index contributed by atoms with van der Waals surface area (Å²) in [6.45, 7) is -1.13. The first-order valence-electron chi connectivity index (χ1n) is 8.43. The third-order valence-corrected chi connectivity index (χ3v) is 4.00. The number of para-hydroxylation sites is 1. The Morgan fingerprint density at radius 3 is 2.56 bits per heavy atom. The zero-order chi connectivity index (χ0) is 19.8. The quantitative estimate of drug-likeness (QED) is 0.704. The number of benzene rings is 2. The molecule has 27 heavy (non-hydrogen) atoms. The average Bonchev–Trinajstić information content (AvgIpc) is 2.59. The van der Waals surface area contributed by atoms with Gasteiger partial charge in [-0.05, 0) is 25.0 Å². The maximum atomic E-state index is 12.4. The number of carboxylic acid groups (broad SMARTS) is 1.